The first-order valence-electron chi connectivity index (χ1n) is 10.6. The van der Waals surface area contributed by atoms with Crippen molar-refractivity contribution in [2.75, 3.05) is 27.9 Å². The summed E-state index contributed by atoms with van der Waals surface area (Å²) in [5.74, 6) is 0.175. The Balaban J connectivity index is 1.70. The molecule has 10 heteroatoms. The summed E-state index contributed by atoms with van der Waals surface area (Å²) in [6, 6.07) is 10.3. The Morgan fingerprint density at radius 3 is 2.38 bits per heavy atom. The first kappa shape index (κ1) is 25.0. The summed E-state index contributed by atoms with van der Waals surface area (Å²) in [5.41, 5.74) is 1.08. The highest BCUT2D eigenvalue weighted by Crippen LogP contribution is 2.29. The third kappa shape index (κ3) is 6.05. The van der Waals surface area contributed by atoms with Crippen LogP contribution in [-0.4, -0.2) is 54.2 Å². The summed E-state index contributed by atoms with van der Waals surface area (Å²) < 4.78 is 16.7. The highest BCUT2D eigenvalue weighted by molar-refractivity contribution is 6.30. The number of esters is 1. The van der Waals surface area contributed by atoms with Crippen LogP contribution in [0.15, 0.2) is 47.5 Å². The number of hydrogen-bond donors (Lipinski definition) is 0. The van der Waals surface area contributed by atoms with Crippen molar-refractivity contribution < 1.29 is 23.8 Å². The van der Waals surface area contributed by atoms with E-state index in [0.29, 0.717) is 33.8 Å². The number of amides is 1. The van der Waals surface area contributed by atoms with Gasteiger partial charge in [0.25, 0.3) is 5.56 Å². The van der Waals surface area contributed by atoms with E-state index in [1.165, 1.54) is 37.1 Å². The molecule has 9 nitrogen and oxygen atoms in total. The van der Waals surface area contributed by atoms with Gasteiger partial charge in [-0.15, -0.1) is 0 Å². The molecule has 3 rings (SSSR count). The van der Waals surface area contributed by atoms with Crippen LogP contribution in [0, 0.1) is 0 Å². The molecule has 0 saturated heterocycles. The first-order valence-corrected chi connectivity index (χ1v) is 10.9. The fraction of sp³-hybridized carbons (Fsp3) is 0.333. The molecule has 0 bridgehead atoms. The Bertz CT molecular complexity index is 1230. The number of hydrogen-bond acceptors (Lipinski definition) is 7. The van der Waals surface area contributed by atoms with Crippen molar-refractivity contribution in [3.8, 4) is 11.5 Å². The van der Waals surface area contributed by atoms with Crippen molar-refractivity contribution in [2.24, 2.45) is 0 Å². The zero-order valence-electron chi connectivity index (χ0n) is 19.2. The molecular formula is C24H26ClN3O6. The Morgan fingerprint density at radius 1 is 1.06 bits per heavy atom. The lowest BCUT2D eigenvalue weighted by atomic mass is 10.2. The number of rotatable bonds is 10. The minimum absolute atomic E-state index is 0.140. The molecule has 1 heterocycles. The number of aryl methyl sites for hydroxylation is 1. The molecule has 0 aliphatic carbocycles. The largest absolute Gasteiger partial charge is 0.493 e. The number of halogens is 1. The van der Waals surface area contributed by atoms with Gasteiger partial charge in [0.1, 0.15) is 6.54 Å². The number of nitrogens with zero attached hydrogens (tertiary/aromatic N) is 3. The molecule has 180 valence electrons. The van der Waals surface area contributed by atoms with Crippen LogP contribution in [0.4, 0.5) is 0 Å². The van der Waals surface area contributed by atoms with E-state index in [9.17, 15) is 14.4 Å². The van der Waals surface area contributed by atoms with Crippen LogP contribution >= 0.6 is 11.6 Å². The van der Waals surface area contributed by atoms with Gasteiger partial charge < -0.3 is 19.1 Å². The second-order valence-corrected chi connectivity index (χ2v) is 7.96. The van der Waals surface area contributed by atoms with E-state index < -0.39 is 5.97 Å². The summed E-state index contributed by atoms with van der Waals surface area (Å²) in [5, 5.41) is 0.974. The molecule has 0 aliphatic heterocycles. The second-order valence-electron chi connectivity index (χ2n) is 7.52. The van der Waals surface area contributed by atoms with Gasteiger partial charge in [-0.05, 0) is 30.2 Å². The van der Waals surface area contributed by atoms with Crippen molar-refractivity contribution in [1.29, 1.82) is 0 Å². The zero-order valence-corrected chi connectivity index (χ0v) is 20.0. The quantitative estimate of drug-likeness (QED) is 0.405. The van der Waals surface area contributed by atoms with Crippen LogP contribution in [0.3, 0.4) is 0 Å². The predicted molar refractivity (Wildman–Crippen MR) is 127 cm³/mol. The molecule has 0 atom stereocenters. The van der Waals surface area contributed by atoms with Crippen molar-refractivity contribution in [2.45, 2.75) is 25.9 Å². The Hall–Kier alpha value is -3.59. The average Bonchev–Trinajstić information content (AvgIpc) is 2.85. The molecule has 0 spiro atoms. The lowest BCUT2D eigenvalue weighted by Crippen LogP contribution is -2.35. The Morgan fingerprint density at radius 2 is 1.74 bits per heavy atom. The number of ether oxygens (including phenoxy) is 3. The van der Waals surface area contributed by atoms with E-state index >= 15 is 0 Å². The average molecular weight is 488 g/mol. The number of carbonyl (C=O) groups excluding carboxylic acids is 2. The fourth-order valence-electron chi connectivity index (χ4n) is 3.47. The van der Waals surface area contributed by atoms with E-state index in [-0.39, 0.29) is 37.5 Å². The molecule has 1 amide bonds. The van der Waals surface area contributed by atoms with E-state index in [1.54, 1.807) is 36.4 Å². The monoisotopic (exact) mass is 487 g/mol. The molecule has 0 unspecified atom stereocenters. The lowest BCUT2D eigenvalue weighted by Gasteiger charge is -2.22. The minimum Gasteiger partial charge on any atom is -0.493 e. The normalized spacial score (nSPS) is 10.7. The highest BCUT2D eigenvalue weighted by Gasteiger charge is 2.18. The molecule has 0 radical (unpaired) electrons. The number of aromatic nitrogens is 2. The highest BCUT2D eigenvalue weighted by atomic mass is 35.5. The fourth-order valence-corrected chi connectivity index (χ4v) is 3.59. The standard InChI is InChI=1S/C24H26ClN3O6/c1-32-20-11-18-19(12-21(20)33-2)26-15-27(24(18)31)10-4-5-22(29)28(14-23(30)34-3)13-16-6-8-17(25)9-7-16/h6-9,11-12,15H,4-5,10,13-14H2,1-3H3. The van der Waals surface area contributed by atoms with Crippen LogP contribution < -0.4 is 15.0 Å². The molecule has 3 aromatic rings. The van der Waals surface area contributed by atoms with Gasteiger partial charge in [-0.25, -0.2) is 4.98 Å². The Labute approximate surface area is 201 Å². The summed E-state index contributed by atoms with van der Waals surface area (Å²) >= 11 is 5.92. The number of carbonyl (C=O) groups is 2. The second kappa shape index (κ2) is 11.5. The zero-order chi connectivity index (χ0) is 24.7. The van der Waals surface area contributed by atoms with Gasteiger partial charge in [0, 0.05) is 30.6 Å². The number of benzene rings is 2. The van der Waals surface area contributed by atoms with Gasteiger partial charge in [0.05, 0.1) is 38.6 Å². The molecular weight excluding hydrogens is 462 g/mol. The SMILES string of the molecule is COC(=O)CN(Cc1ccc(Cl)cc1)C(=O)CCCn1cnc2cc(OC)c(OC)cc2c1=O. The van der Waals surface area contributed by atoms with Gasteiger partial charge >= 0.3 is 5.97 Å². The Kier molecular flexibility index (Phi) is 8.48. The van der Waals surface area contributed by atoms with E-state index in [4.69, 9.17) is 25.8 Å². The maximum atomic E-state index is 12.9. The van der Waals surface area contributed by atoms with Gasteiger partial charge in [0.2, 0.25) is 5.91 Å². The van der Waals surface area contributed by atoms with Crippen LogP contribution in [0.25, 0.3) is 10.9 Å². The van der Waals surface area contributed by atoms with Crippen LogP contribution in [-0.2, 0) is 27.4 Å². The summed E-state index contributed by atoms with van der Waals surface area (Å²) in [6.07, 6.45) is 1.97. The van der Waals surface area contributed by atoms with Gasteiger partial charge in [-0.3, -0.25) is 19.0 Å². The topological polar surface area (TPSA) is 100.0 Å². The van der Waals surface area contributed by atoms with Gasteiger partial charge in [-0.2, -0.15) is 0 Å². The minimum atomic E-state index is -0.512. The van der Waals surface area contributed by atoms with Crippen LogP contribution in [0.5, 0.6) is 11.5 Å². The molecule has 34 heavy (non-hydrogen) atoms. The maximum absolute atomic E-state index is 12.9. The van der Waals surface area contributed by atoms with Crippen molar-refractivity contribution >= 4 is 34.4 Å². The first-order chi connectivity index (χ1) is 16.4. The number of fused-ring (bicyclic) bond motifs is 1. The van der Waals surface area contributed by atoms with E-state index in [1.807, 2.05) is 0 Å². The summed E-state index contributed by atoms with van der Waals surface area (Å²) in [4.78, 5) is 43.4. The van der Waals surface area contributed by atoms with Crippen LogP contribution in [0.1, 0.15) is 18.4 Å². The molecule has 2 aromatic carbocycles. The van der Waals surface area contributed by atoms with Crippen LogP contribution in [0.2, 0.25) is 5.02 Å². The maximum Gasteiger partial charge on any atom is 0.325 e. The van der Waals surface area contributed by atoms with Crippen molar-refractivity contribution in [1.82, 2.24) is 14.5 Å². The van der Waals surface area contributed by atoms with E-state index in [0.717, 1.165) is 5.56 Å². The third-order valence-corrected chi connectivity index (χ3v) is 5.56. The van der Waals surface area contributed by atoms with Gasteiger partial charge in [-0.1, -0.05) is 23.7 Å². The molecule has 0 aliphatic rings. The summed E-state index contributed by atoms with van der Waals surface area (Å²) in [6.45, 7) is 0.357. The van der Waals surface area contributed by atoms with Gasteiger partial charge in [0.15, 0.2) is 11.5 Å². The molecule has 1 aromatic heterocycles. The van der Waals surface area contributed by atoms with Crippen molar-refractivity contribution in [3.05, 3.63) is 63.7 Å². The van der Waals surface area contributed by atoms with Crippen molar-refractivity contribution in [3.63, 3.8) is 0 Å². The molecule has 0 fully saturated rings. The summed E-state index contributed by atoms with van der Waals surface area (Å²) in [7, 11) is 4.28. The van der Waals surface area contributed by atoms with E-state index in [2.05, 4.69) is 4.98 Å². The molecule has 0 saturated carbocycles. The third-order valence-electron chi connectivity index (χ3n) is 5.31. The number of methoxy groups -OCH3 is 3. The molecule has 0 N–H and O–H groups in total. The predicted octanol–water partition coefficient (Wildman–Crippen LogP) is 3.05. The lowest BCUT2D eigenvalue weighted by molar-refractivity contribution is -0.147. The smallest absolute Gasteiger partial charge is 0.325 e.